The van der Waals surface area contributed by atoms with Crippen LogP contribution >= 0.6 is 0 Å². The van der Waals surface area contributed by atoms with Crippen molar-refractivity contribution in [2.45, 2.75) is 12.5 Å². The van der Waals surface area contributed by atoms with Crippen molar-refractivity contribution in [2.75, 3.05) is 0 Å². The van der Waals surface area contributed by atoms with E-state index < -0.39 is 41.9 Å². The second-order valence-electron chi connectivity index (χ2n) is 6.72. The van der Waals surface area contributed by atoms with Crippen LogP contribution in [0.2, 0.25) is 0 Å². The zero-order chi connectivity index (χ0) is 21.6. The minimum atomic E-state index is -1.70. The Labute approximate surface area is 168 Å². The van der Waals surface area contributed by atoms with E-state index >= 15 is 0 Å². The van der Waals surface area contributed by atoms with E-state index in [4.69, 9.17) is 5.11 Å². The topological polar surface area (TPSA) is 142 Å². The maximum Gasteiger partial charge on any atom is 0.326 e. The average molecular weight is 406 g/mol. The molecule has 1 aliphatic carbocycles. The van der Waals surface area contributed by atoms with Crippen LogP contribution in [0, 0.1) is 0 Å². The molecule has 3 N–H and O–H groups in total. The molecular weight excluding hydrogens is 392 g/mol. The van der Waals surface area contributed by atoms with Gasteiger partial charge in [-0.25, -0.2) is 4.79 Å². The molecule has 2 heterocycles. The molecular formula is C21H14N2O7. The van der Waals surface area contributed by atoms with E-state index in [1.165, 1.54) is 28.8 Å². The molecule has 0 saturated carbocycles. The molecule has 1 atom stereocenters. The number of aromatic nitrogens is 1. The number of nitrogens with one attached hydrogen (secondary N) is 1. The van der Waals surface area contributed by atoms with Crippen LogP contribution in [-0.4, -0.2) is 50.1 Å². The maximum atomic E-state index is 13.2. The van der Waals surface area contributed by atoms with E-state index in [1.807, 2.05) is 0 Å². The number of ketones is 2. The smallest absolute Gasteiger partial charge is 0.326 e. The van der Waals surface area contributed by atoms with Gasteiger partial charge in [-0.15, -0.1) is 0 Å². The molecule has 150 valence electrons. The van der Waals surface area contributed by atoms with Gasteiger partial charge in [0.05, 0.1) is 23.1 Å². The average Bonchev–Trinajstić information content (AvgIpc) is 3.07. The Morgan fingerprint density at radius 1 is 0.933 bits per heavy atom. The molecule has 0 spiro atoms. The highest BCUT2D eigenvalue weighted by Gasteiger charge is 2.38. The molecule has 1 aromatic carbocycles. The molecule has 9 nitrogen and oxygen atoms in total. The fourth-order valence-corrected chi connectivity index (χ4v) is 3.63. The molecule has 3 aromatic rings. The quantitative estimate of drug-likeness (QED) is 0.454. The van der Waals surface area contributed by atoms with E-state index in [0.717, 1.165) is 0 Å². The Kier molecular flexibility index (Phi) is 4.42. The van der Waals surface area contributed by atoms with Crippen LogP contribution in [0.5, 0.6) is 0 Å². The zero-order valence-corrected chi connectivity index (χ0v) is 15.3. The Morgan fingerprint density at radius 3 is 2.20 bits per heavy atom. The van der Waals surface area contributed by atoms with Gasteiger partial charge in [-0.05, 0) is 12.1 Å². The van der Waals surface area contributed by atoms with Crippen molar-refractivity contribution in [1.82, 2.24) is 9.72 Å². The van der Waals surface area contributed by atoms with Gasteiger partial charge in [0.2, 0.25) is 5.78 Å². The molecule has 1 amide bonds. The third-order valence-electron chi connectivity index (χ3n) is 4.91. The first-order valence-electron chi connectivity index (χ1n) is 8.88. The number of amides is 1. The summed E-state index contributed by atoms with van der Waals surface area (Å²) in [4.78, 5) is 61.6. The molecule has 30 heavy (non-hydrogen) atoms. The van der Waals surface area contributed by atoms with Crippen molar-refractivity contribution in [2.24, 2.45) is 0 Å². The number of carbonyl (C=O) groups is 5. The van der Waals surface area contributed by atoms with Gasteiger partial charge in [0.25, 0.3) is 5.91 Å². The van der Waals surface area contributed by atoms with Gasteiger partial charge in [-0.3, -0.25) is 19.2 Å². The monoisotopic (exact) mass is 406 g/mol. The SMILES string of the molecule is O=C(O)CC(NC(=O)c1c2c(n3ccccc13)C(=O)c1ccccc1C2=O)C(=O)O. The van der Waals surface area contributed by atoms with Crippen LogP contribution < -0.4 is 5.32 Å². The van der Waals surface area contributed by atoms with E-state index in [-0.39, 0.29) is 33.5 Å². The molecule has 0 saturated heterocycles. The number of fused-ring (bicyclic) bond motifs is 4. The Bertz CT molecular complexity index is 1270. The van der Waals surface area contributed by atoms with E-state index in [2.05, 4.69) is 5.32 Å². The summed E-state index contributed by atoms with van der Waals surface area (Å²) in [6.45, 7) is 0. The lowest BCUT2D eigenvalue weighted by Crippen LogP contribution is -2.42. The van der Waals surface area contributed by atoms with Crippen LogP contribution in [0.15, 0.2) is 48.7 Å². The van der Waals surface area contributed by atoms with Crippen LogP contribution in [0.25, 0.3) is 5.52 Å². The van der Waals surface area contributed by atoms with Crippen molar-refractivity contribution in [3.63, 3.8) is 0 Å². The van der Waals surface area contributed by atoms with E-state index in [9.17, 15) is 29.1 Å². The lowest BCUT2D eigenvalue weighted by Gasteiger charge is -2.16. The Hall–Kier alpha value is -4.27. The third-order valence-corrected chi connectivity index (χ3v) is 4.91. The van der Waals surface area contributed by atoms with Crippen molar-refractivity contribution < 1.29 is 34.2 Å². The summed E-state index contributed by atoms with van der Waals surface area (Å²) in [6.07, 6.45) is 0.681. The van der Waals surface area contributed by atoms with Crippen LogP contribution in [0.4, 0.5) is 0 Å². The standard InChI is InChI=1S/C21H14N2O7/c24-14(25)9-12(21(29)30)22-20(28)15-13-7-3-4-8-23(13)17-16(15)18(26)10-5-1-2-6-11(10)19(17)27/h1-8,12H,9H2,(H,22,28)(H,24,25)(H,29,30). The second-order valence-corrected chi connectivity index (χ2v) is 6.72. The highest BCUT2D eigenvalue weighted by atomic mass is 16.4. The molecule has 0 aliphatic heterocycles. The molecule has 1 unspecified atom stereocenters. The fourth-order valence-electron chi connectivity index (χ4n) is 3.63. The molecule has 0 radical (unpaired) electrons. The summed E-state index contributed by atoms with van der Waals surface area (Å²) >= 11 is 0. The van der Waals surface area contributed by atoms with Crippen LogP contribution in [-0.2, 0) is 9.59 Å². The van der Waals surface area contributed by atoms with Crippen LogP contribution in [0.3, 0.4) is 0 Å². The molecule has 2 aromatic heterocycles. The summed E-state index contributed by atoms with van der Waals surface area (Å²) in [7, 11) is 0. The van der Waals surface area contributed by atoms with E-state index in [0.29, 0.717) is 0 Å². The molecule has 0 bridgehead atoms. The number of pyridine rings is 1. The number of hydrogen-bond donors (Lipinski definition) is 3. The maximum absolute atomic E-state index is 13.2. The molecule has 1 aliphatic rings. The van der Waals surface area contributed by atoms with Gasteiger partial charge in [-0.1, -0.05) is 30.3 Å². The molecule has 0 fully saturated rings. The van der Waals surface area contributed by atoms with Gasteiger partial charge in [-0.2, -0.15) is 0 Å². The minimum Gasteiger partial charge on any atom is -0.481 e. The van der Waals surface area contributed by atoms with Crippen LogP contribution in [0.1, 0.15) is 48.8 Å². The van der Waals surface area contributed by atoms with Gasteiger partial charge in [0, 0.05) is 17.3 Å². The summed E-state index contributed by atoms with van der Waals surface area (Å²) in [5.74, 6) is -4.88. The summed E-state index contributed by atoms with van der Waals surface area (Å²) in [6, 6.07) is 9.26. The van der Waals surface area contributed by atoms with E-state index in [1.54, 1.807) is 24.3 Å². The first-order chi connectivity index (χ1) is 14.3. The van der Waals surface area contributed by atoms with Gasteiger partial charge < -0.3 is 19.9 Å². The Morgan fingerprint density at radius 2 is 1.57 bits per heavy atom. The summed E-state index contributed by atoms with van der Waals surface area (Å²) in [5, 5.41) is 20.3. The molecule has 9 heteroatoms. The number of hydrogen-bond acceptors (Lipinski definition) is 5. The zero-order valence-electron chi connectivity index (χ0n) is 15.3. The van der Waals surface area contributed by atoms with Gasteiger partial charge in [0.1, 0.15) is 11.7 Å². The third kappa shape index (κ3) is 2.84. The fraction of sp³-hybridized carbons (Fsp3) is 0.0952. The summed E-state index contributed by atoms with van der Waals surface area (Å²) in [5.41, 5.74) is 0.273. The largest absolute Gasteiger partial charge is 0.481 e. The second kappa shape index (κ2) is 6.96. The first-order valence-corrected chi connectivity index (χ1v) is 8.88. The van der Waals surface area contributed by atoms with Crippen molar-refractivity contribution >= 4 is 34.9 Å². The molecule has 4 rings (SSSR count). The van der Waals surface area contributed by atoms with Crippen molar-refractivity contribution in [1.29, 1.82) is 0 Å². The van der Waals surface area contributed by atoms with Crippen molar-refractivity contribution in [3.8, 4) is 0 Å². The lowest BCUT2D eigenvalue weighted by atomic mass is 9.86. The lowest BCUT2D eigenvalue weighted by molar-refractivity contribution is -0.145. The van der Waals surface area contributed by atoms with Gasteiger partial charge >= 0.3 is 11.9 Å². The number of carboxylic acid groups (broad SMARTS) is 2. The number of aliphatic carboxylic acids is 2. The highest BCUT2D eigenvalue weighted by Crippen LogP contribution is 2.33. The minimum absolute atomic E-state index is 0.00422. The number of rotatable bonds is 5. The number of benzene rings is 1. The van der Waals surface area contributed by atoms with Gasteiger partial charge in [0.15, 0.2) is 5.78 Å². The van der Waals surface area contributed by atoms with Crippen molar-refractivity contribution in [3.05, 3.63) is 76.6 Å². The number of carboxylic acids is 2. The Balaban J connectivity index is 1.91. The number of nitrogens with zero attached hydrogens (tertiary/aromatic N) is 1. The highest BCUT2D eigenvalue weighted by molar-refractivity contribution is 6.32. The predicted octanol–water partition coefficient (Wildman–Crippen LogP) is 1.37. The normalized spacial score (nSPS) is 13.5. The first kappa shape index (κ1) is 19.1. The summed E-state index contributed by atoms with van der Waals surface area (Å²) < 4.78 is 1.41. The predicted molar refractivity (Wildman–Crippen MR) is 102 cm³/mol. The number of carbonyl (C=O) groups excluding carboxylic acids is 3.